The third kappa shape index (κ3) is 2.79. The highest BCUT2D eigenvalue weighted by Crippen LogP contribution is 2.33. The maximum atomic E-state index is 12.6. The highest BCUT2D eigenvalue weighted by Gasteiger charge is 2.37. The van der Waals surface area contributed by atoms with E-state index < -0.39 is 23.1 Å². The topological polar surface area (TPSA) is 73.4 Å². The van der Waals surface area contributed by atoms with E-state index in [2.05, 4.69) is 10.2 Å². The van der Waals surface area contributed by atoms with Gasteiger partial charge >= 0.3 is 6.18 Å². The molecule has 2 rings (SSSR count). The van der Waals surface area contributed by atoms with Gasteiger partial charge in [0.2, 0.25) is 0 Å². The lowest BCUT2D eigenvalue weighted by Crippen LogP contribution is -2.06. The summed E-state index contributed by atoms with van der Waals surface area (Å²) < 4.78 is 37.9. The lowest BCUT2D eigenvalue weighted by Gasteiger charge is -2.03. The molecule has 106 valence electrons. The van der Waals surface area contributed by atoms with Crippen molar-refractivity contribution in [1.82, 2.24) is 10.2 Å². The number of azo groups is 1. The number of aromatic nitrogens is 2. The van der Waals surface area contributed by atoms with Gasteiger partial charge in [0.1, 0.15) is 0 Å². The van der Waals surface area contributed by atoms with Gasteiger partial charge in [-0.3, -0.25) is 15.0 Å². The number of aromatic amines is 2. The first-order valence-electron chi connectivity index (χ1n) is 5.66. The normalized spacial score (nSPS) is 12.2. The number of alkyl halides is 3. The molecule has 1 aromatic heterocycles. The van der Waals surface area contributed by atoms with Crippen molar-refractivity contribution in [3.63, 3.8) is 0 Å². The largest absolute Gasteiger partial charge is 0.435 e. The summed E-state index contributed by atoms with van der Waals surface area (Å²) in [5.74, 6) is 0. The van der Waals surface area contributed by atoms with Gasteiger partial charge in [-0.05, 0) is 31.0 Å². The summed E-state index contributed by atoms with van der Waals surface area (Å²) in [6.45, 7) is 3.57. The summed E-state index contributed by atoms with van der Waals surface area (Å²) >= 11 is 0. The van der Waals surface area contributed by atoms with Gasteiger partial charge in [0.25, 0.3) is 5.56 Å². The second-order valence-electron chi connectivity index (χ2n) is 4.29. The van der Waals surface area contributed by atoms with Crippen molar-refractivity contribution < 1.29 is 13.2 Å². The van der Waals surface area contributed by atoms with Crippen LogP contribution in [0.2, 0.25) is 0 Å². The minimum absolute atomic E-state index is 0.415. The third-order valence-electron chi connectivity index (χ3n) is 2.66. The zero-order valence-electron chi connectivity index (χ0n) is 10.7. The van der Waals surface area contributed by atoms with Crippen molar-refractivity contribution in [3.8, 4) is 0 Å². The van der Waals surface area contributed by atoms with Gasteiger partial charge in [-0.25, -0.2) is 0 Å². The molecule has 8 heteroatoms. The fourth-order valence-corrected chi connectivity index (χ4v) is 1.58. The molecule has 0 aliphatic rings. The molecule has 0 fully saturated rings. The van der Waals surface area contributed by atoms with Crippen LogP contribution in [0, 0.1) is 13.8 Å². The van der Waals surface area contributed by atoms with Crippen molar-refractivity contribution in [2.24, 2.45) is 10.2 Å². The van der Waals surface area contributed by atoms with Crippen molar-refractivity contribution in [2.75, 3.05) is 0 Å². The summed E-state index contributed by atoms with van der Waals surface area (Å²) in [5.41, 5.74) is -0.927. The van der Waals surface area contributed by atoms with Crippen LogP contribution in [0.15, 0.2) is 33.2 Å². The summed E-state index contributed by atoms with van der Waals surface area (Å²) in [6, 6.07) is 5.29. The Balaban J connectivity index is 2.45. The molecule has 0 atom stereocenters. The Morgan fingerprint density at radius 1 is 1.10 bits per heavy atom. The quantitative estimate of drug-likeness (QED) is 0.810. The molecule has 1 heterocycles. The molecule has 0 bridgehead atoms. The predicted octanol–water partition coefficient (Wildman–Crippen LogP) is 3.75. The summed E-state index contributed by atoms with van der Waals surface area (Å²) in [7, 11) is 0. The van der Waals surface area contributed by atoms with Crippen molar-refractivity contribution in [2.45, 2.75) is 20.0 Å². The van der Waals surface area contributed by atoms with Crippen molar-refractivity contribution in [1.29, 1.82) is 0 Å². The Labute approximate surface area is 111 Å². The number of hydrogen-bond donors (Lipinski definition) is 2. The third-order valence-corrected chi connectivity index (χ3v) is 2.66. The van der Waals surface area contributed by atoms with Gasteiger partial charge in [0, 0.05) is 0 Å². The van der Waals surface area contributed by atoms with E-state index in [1.807, 2.05) is 18.1 Å². The Kier molecular flexibility index (Phi) is 3.47. The Morgan fingerprint density at radius 2 is 1.80 bits per heavy atom. The molecule has 0 spiro atoms. The van der Waals surface area contributed by atoms with Gasteiger partial charge < -0.3 is 0 Å². The number of rotatable bonds is 2. The van der Waals surface area contributed by atoms with E-state index in [0.717, 1.165) is 11.1 Å². The molecular formula is C12H11F3N4O. The number of nitrogens with zero attached hydrogens (tertiary/aromatic N) is 2. The average Bonchev–Trinajstić information content (AvgIpc) is 2.72. The minimum Gasteiger partial charge on any atom is -0.292 e. The van der Waals surface area contributed by atoms with Gasteiger partial charge in [0.15, 0.2) is 11.4 Å². The number of benzene rings is 1. The monoisotopic (exact) mass is 284 g/mol. The van der Waals surface area contributed by atoms with Gasteiger partial charge in [0.05, 0.1) is 5.69 Å². The number of halogens is 3. The van der Waals surface area contributed by atoms with Crippen LogP contribution < -0.4 is 5.56 Å². The number of H-pyrrole nitrogens is 2. The van der Waals surface area contributed by atoms with Crippen LogP contribution in [-0.2, 0) is 6.18 Å². The molecule has 0 aliphatic heterocycles. The smallest absolute Gasteiger partial charge is 0.292 e. The number of hydrogen-bond acceptors (Lipinski definition) is 3. The van der Waals surface area contributed by atoms with Crippen LogP contribution in [0.5, 0.6) is 0 Å². The maximum Gasteiger partial charge on any atom is 0.435 e. The predicted molar refractivity (Wildman–Crippen MR) is 66.5 cm³/mol. The van der Waals surface area contributed by atoms with Crippen LogP contribution in [0.25, 0.3) is 0 Å². The van der Waals surface area contributed by atoms with E-state index in [1.165, 1.54) is 0 Å². The zero-order valence-corrected chi connectivity index (χ0v) is 10.7. The number of aryl methyl sites for hydroxylation is 2. The van der Waals surface area contributed by atoms with E-state index in [4.69, 9.17) is 0 Å². The van der Waals surface area contributed by atoms with Gasteiger partial charge in [-0.2, -0.15) is 18.3 Å². The molecule has 0 aliphatic carbocycles. The lowest BCUT2D eigenvalue weighted by atomic mass is 10.1. The molecule has 20 heavy (non-hydrogen) atoms. The molecule has 5 nitrogen and oxygen atoms in total. The van der Waals surface area contributed by atoms with E-state index in [9.17, 15) is 18.0 Å². The van der Waals surface area contributed by atoms with Gasteiger partial charge in [-0.1, -0.05) is 12.1 Å². The maximum absolute atomic E-state index is 12.6. The zero-order chi connectivity index (χ0) is 14.9. The Bertz CT molecular complexity index is 712. The second-order valence-corrected chi connectivity index (χ2v) is 4.29. The number of nitrogens with one attached hydrogen (secondary N) is 2. The van der Waals surface area contributed by atoms with Gasteiger partial charge in [-0.15, -0.1) is 5.11 Å². The first-order valence-corrected chi connectivity index (χ1v) is 5.66. The summed E-state index contributed by atoms with van der Waals surface area (Å²) in [6.07, 6.45) is -4.70. The van der Waals surface area contributed by atoms with Crippen molar-refractivity contribution >= 4 is 11.4 Å². The van der Waals surface area contributed by atoms with E-state index in [0.29, 0.717) is 5.69 Å². The fraction of sp³-hybridized carbons (Fsp3) is 0.250. The fourth-order valence-electron chi connectivity index (χ4n) is 1.58. The Hall–Kier alpha value is -2.38. The second kappa shape index (κ2) is 4.95. The molecule has 0 unspecified atom stereocenters. The van der Waals surface area contributed by atoms with Crippen LogP contribution >= 0.6 is 0 Å². The molecule has 0 saturated carbocycles. The summed E-state index contributed by atoms with van der Waals surface area (Å²) in [5, 5.41) is 10.8. The lowest BCUT2D eigenvalue weighted by molar-refractivity contribution is -0.140. The highest BCUT2D eigenvalue weighted by molar-refractivity contribution is 5.48. The molecule has 2 N–H and O–H groups in total. The molecule has 0 amide bonds. The Morgan fingerprint density at radius 3 is 2.45 bits per heavy atom. The van der Waals surface area contributed by atoms with E-state index >= 15 is 0 Å². The molecule has 1 aromatic carbocycles. The molecule has 0 radical (unpaired) electrons. The minimum atomic E-state index is -4.70. The first-order chi connectivity index (χ1) is 9.29. The molecular weight excluding hydrogens is 273 g/mol. The SMILES string of the molecule is Cc1ccc(C)c(N=Nc2c(C(F)(F)F)[nH][nH]c2=O)c1. The van der Waals surface area contributed by atoms with E-state index in [1.54, 1.807) is 24.2 Å². The standard InChI is InChI=1S/C12H11F3N4O/c1-6-3-4-7(2)8(5-6)16-17-9-10(12(13,14)15)18-19-11(9)20/h3-5H,1-2H3,(H2,18,19,20). The van der Waals surface area contributed by atoms with Crippen LogP contribution in [-0.4, -0.2) is 10.2 Å². The van der Waals surface area contributed by atoms with Crippen LogP contribution in [0.3, 0.4) is 0 Å². The molecule has 0 saturated heterocycles. The highest BCUT2D eigenvalue weighted by atomic mass is 19.4. The first kappa shape index (κ1) is 14.0. The van der Waals surface area contributed by atoms with E-state index in [-0.39, 0.29) is 0 Å². The molecule has 2 aromatic rings. The van der Waals surface area contributed by atoms with Crippen LogP contribution in [0.4, 0.5) is 24.5 Å². The average molecular weight is 284 g/mol. The van der Waals surface area contributed by atoms with Crippen molar-refractivity contribution in [3.05, 3.63) is 45.4 Å². The van der Waals surface area contributed by atoms with Crippen LogP contribution in [0.1, 0.15) is 16.8 Å². The summed E-state index contributed by atoms with van der Waals surface area (Å²) in [4.78, 5) is 11.3.